The predicted molar refractivity (Wildman–Crippen MR) is 86.0 cm³/mol. The highest BCUT2D eigenvalue weighted by atomic mass is 15.1. The van der Waals surface area contributed by atoms with Gasteiger partial charge in [0.25, 0.3) is 0 Å². The molecular weight excluding hydrogens is 242 g/mol. The molecule has 0 saturated heterocycles. The smallest absolute Gasteiger partial charge is 0.0429 e. The Balaban J connectivity index is 1.91. The van der Waals surface area contributed by atoms with Crippen LogP contribution < -0.4 is 4.90 Å². The first-order chi connectivity index (χ1) is 9.83. The van der Waals surface area contributed by atoms with Gasteiger partial charge in [0, 0.05) is 18.8 Å². The molecule has 102 valence electrons. The van der Waals surface area contributed by atoms with Crippen LogP contribution in [0.15, 0.2) is 66.2 Å². The molecule has 0 saturated carbocycles. The van der Waals surface area contributed by atoms with Crippen LogP contribution in [0.5, 0.6) is 0 Å². The highest BCUT2D eigenvalue weighted by molar-refractivity contribution is 5.55. The molecule has 0 spiro atoms. The molecule has 0 aliphatic carbocycles. The summed E-state index contributed by atoms with van der Waals surface area (Å²) in [5, 5.41) is 0. The van der Waals surface area contributed by atoms with Crippen molar-refractivity contribution >= 4 is 5.69 Å². The molecule has 0 bridgehead atoms. The maximum absolute atomic E-state index is 2.51. The normalized spacial score (nSPS) is 17.6. The molecule has 1 nitrogen and oxygen atoms in total. The number of benzene rings is 2. The topological polar surface area (TPSA) is 3.24 Å². The van der Waals surface area contributed by atoms with Gasteiger partial charge in [-0.2, -0.15) is 0 Å². The van der Waals surface area contributed by atoms with Crippen molar-refractivity contribution in [1.29, 1.82) is 0 Å². The van der Waals surface area contributed by atoms with Gasteiger partial charge >= 0.3 is 0 Å². The lowest BCUT2D eigenvalue weighted by atomic mass is 10.00. The summed E-state index contributed by atoms with van der Waals surface area (Å²) < 4.78 is 0. The van der Waals surface area contributed by atoms with E-state index in [0.29, 0.717) is 0 Å². The standard InChI is InChI=1S/C19H21N/c1-16-8-7-13-20(15-17-9-3-2-4-10-17)19-12-6-5-11-18(19)14-16/h2-6,8-12H,7,13-15H2,1H3/b16-8-. The Kier molecular flexibility index (Phi) is 3.87. The summed E-state index contributed by atoms with van der Waals surface area (Å²) in [5.74, 6) is 0. The minimum atomic E-state index is 0.991. The molecule has 0 fully saturated rings. The van der Waals surface area contributed by atoms with Gasteiger partial charge in [-0.15, -0.1) is 0 Å². The Morgan fingerprint density at radius 2 is 1.70 bits per heavy atom. The van der Waals surface area contributed by atoms with Crippen molar-refractivity contribution in [2.24, 2.45) is 0 Å². The molecule has 0 aromatic heterocycles. The van der Waals surface area contributed by atoms with E-state index in [4.69, 9.17) is 0 Å². The second-order valence-corrected chi connectivity index (χ2v) is 5.55. The van der Waals surface area contributed by atoms with Crippen LogP contribution in [0.25, 0.3) is 0 Å². The van der Waals surface area contributed by atoms with Crippen LogP contribution in [-0.4, -0.2) is 6.54 Å². The molecule has 2 aromatic carbocycles. The second kappa shape index (κ2) is 5.96. The van der Waals surface area contributed by atoms with Crippen molar-refractivity contribution in [1.82, 2.24) is 0 Å². The molecule has 3 rings (SSSR count). The molecule has 1 heteroatoms. The van der Waals surface area contributed by atoms with Gasteiger partial charge in [0.05, 0.1) is 0 Å². The summed E-state index contributed by atoms with van der Waals surface area (Å²) in [5.41, 5.74) is 5.70. The Morgan fingerprint density at radius 3 is 2.55 bits per heavy atom. The van der Waals surface area contributed by atoms with Crippen LogP contribution in [-0.2, 0) is 13.0 Å². The van der Waals surface area contributed by atoms with Gasteiger partial charge in [-0.3, -0.25) is 0 Å². The number of hydrogen-bond acceptors (Lipinski definition) is 1. The molecular formula is C19H21N. The van der Waals surface area contributed by atoms with E-state index in [1.54, 1.807) is 0 Å². The molecule has 1 aliphatic heterocycles. The number of nitrogens with zero attached hydrogens (tertiary/aromatic N) is 1. The molecule has 0 N–H and O–H groups in total. The maximum Gasteiger partial charge on any atom is 0.0429 e. The zero-order valence-corrected chi connectivity index (χ0v) is 12.0. The number of hydrogen-bond donors (Lipinski definition) is 0. The van der Waals surface area contributed by atoms with E-state index in [2.05, 4.69) is 72.5 Å². The Morgan fingerprint density at radius 1 is 0.950 bits per heavy atom. The maximum atomic E-state index is 2.51. The van der Waals surface area contributed by atoms with Gasteiger partial charge in [-0.05, 0) is 37.0 Å². The van der Waals surface area contributed by atoms with Gasteiger partial charge in [0.2, 0.25) is 0 Å². The van der Waals surface area contributed by atoms with Crippen molar-refractivity contribution in [2.75, 3.05) is 11.4 Å². The first-order valence-electron chi connectivity index (χ1n) is 7.35. The Hall–Kier alpha value is -2.02. The van der Waals surface area contributed by atoms with Crippen molar-refractivity contribution in [3.63, 3.8) is 0 Å². The van der Waals surface area contributed by atoms with Crippen LogP contribution in [0.2, 0.25) is 0 Å². The lowest BCUT2D eigenvalue weighted by Crippen LogP contribution is -2.25. The molecule has 1 heterocycles. The second-order valence-electron chi connectivity index (χ2n) is 5.55. The number of allylic oxidation sites excluding steroid dienone is 1. The lowest BCUT2D eigenvalue weighted by molar-refractivity contribution is 0.776. The van der Waals surface area contributed by atoms with E-state index >= 15 is 0 Å². The molecule has 20 heavy (non-hydrogen) atoms. The minimum Gasteiger partial charge on any atom is -0.367 e. The quantitative estimate of drug-likeness (QED) is 0.716. The average Bonchev–Trinajstić information content (AvgIpc) is 2.46. The molecule has 2 aromatic rings. The van der Waals surface area contributed by atoms with Crippen molar-refractivity contribution in [2.45, 2.75) is 26.3 Å². The number of fused-ring (bicyclic) bond motifs is 1. The molecule has 0 radical (unpaired) electrons. The third-order valence-electron chi connectivity index (χ3n) is 3.91. The Bertz CT molecular complexity index is 598. The first-order valence-corrected chi connectivity index (χ1v) is 7.35. The van der Waals surface area contributed by atoms with E-state index in [-0.39, 0.29) is 0 Å². The molecule has 1 aliphatic rings. The van der Waals surface area contributed by atoms with Gasteiger partial charge in [0.1, 0.15) is 0 Å². The number of rotatable bonds is 2. The number of para-hydroxylation sites is 1. The predicted octanol–water partition coefficient (Wildman–Crippen LogP) is 4.59. The monoisotopic (exact) mass is 263 g/mol. The minimum absolute atomic E-state index is 0.991. The summed E-state index contributed by atoms with van der Waals surface area (Å²) in [4.78, 5) is 2.51. The van der Waals surface area contributed by atoms with E-state index < -0.39 is 0 Å². The van der Waals surface area contributed by atoms with Crippen molar-refractivity contribution in [3.05, 3.63) is 77.4 Å². The fraction of sp³-hybridized carbons (Fsp3) is 0.263. The fourth-order valence-electron chi connectivity index (χ4n) is 2.90. The summed E-state index contributed by atoms with van der Waals surface area (Å²) >= 11 is 0. The largest absolute Gasteiger partial charge is 0.367 e. The highest BCUT2D eigenvalue weighted by Gasteiger charge is 2.13. The van der Waals surface area contributed by atoms with Crippen LogP contribution in [0.3, 0.4) is 0 Å². The van der Waals surface area contributed by atoms with Crippen molar-refractivity contribution in [3.8, 4) is 0 Å². The van der Waals surface area contributed by atoms with Gasteiger partial charge < -0.3 is 4.90 Å². The average molecular weight is 263 g/mol. The molecule has 0 atom stereocenters. The van der Waals surface area contributed by atoms with Gasteiger partial charge in [-0.25, -0.2) is 0 Å². The zero-order valence-electron chi connectivity index (χ0n) is 12.0. The highest BCUT2D eigenvalue weighted by Crippen LogP contribution is 2.27. The van der Waals surface area contributed by atoms with E-state index in [1.807, 2.05) is 0 Å². The van der Waals surface area contributed by atoms with Crippen LogP contribution in [0.4, 0.5) is 5.69 Å². The number of anilines is 1. The van der Waals surface area contributed by atoms with Crippen LogP contribution in [0, 0.1) is 0 Å². The first kappa shape index (κ1) is 13.0. The van der Waals surface area contributed by atoms with E-state index in [9.17, 15) is 0 Å². The Labute approximate surface area is 121 Å². The van der Waals surface area contributed by atoms with E-state index in [0.717, 1.165) is 25.9 Å². The summed E-state index contributed by atoms with van der Waals surface area (Å²) in [6, 6.07) is 19.6. The lowest BCUT2D eigenvalue weighted by Gasteiger charge is -2.28. The molecule has 0 amide bonds. The fourth-order valence-corrected chi connectivity index (χ4v) is 2.90. The molecule has 0 unspecified atom stereocenters. The van der Waals surface area contributed by atoms with Gasteiger partial charge in [0.15, 0.2) is 0 Å². The van der Waals surface area contributed by atoms with Crippen LogP contribution >= 0.6 is 0 Å². The van der Waals surface area contributed by atoms with Crippen molar-refractivity contribution < 1.29 is 0 Å². The zero-order chi connectivity index (χ0) is 13.8. The van der Waals surface area contributed by atoms with Crippen LogP contribution in [0.1, 0.15) is 24.5 Å². The summed E-state index contributed by atoms with van der Waals surface area (Å²) in [6.45, 7) is 4.32. The van der Waals surface area contributed by atoms with Gasteiger partial charge in [-0.1, -0.05) is 60.2 Å². The third-order valence-corrected chi connectivity index (χ3v) is 3.91. The third kappa shape index (κ3) is 2.93. The summed E-state index contributed by atoms with van der Waals surface area (Å²) in [6.07, 6.45) is 4.59. The summed E-state index contributed by atoms with van der Waals surface area (Å²) in [7, 11) is 0. The SMILES string of the molecule is C/C1=C/CCN(Cc2ccccc2)c2ccccc2C1. The van der Waals surface area contributed by atoms with E-state index in [1.165, 1.54) is 22.4 Å².